The summed E-state index contributed by atoms with van der Waals surface area (Å²) in [6.45, 7) is 3.86. The highest BCUT2D eigenvalue weighted by atomic mass is 32.2. The number of carbonyl (C=O) groups is 2. The number of aliphatic carboxylic acids is 1. The summed E-state index contributed by atoms with van der Waals surface area (Å²) in [6, 6.07) is 6.30. The average molecular weight is 458 g/mol. The minimum absolute atomic E-state index is 0.0266. The van der Waals surface area contributed by atoms with Gasteiger partial charge in [0.15, 0.2) is 5.82 Å². The van der Waals surface area contributed by atoms with Crippen LogP contribution in [0.1, 0.15) is 25.3 Å². The maximum absolute atomic E-state index is 12.5. The standard InChI is InChI=1S/C22H27N5O4S/c1-15(28)26(17-5-9-25(10-6-17)13-20(29)30)12-16-3-4-19-18(11-16)27(14-31-2)21-22(32-19)24-8-7-23-21/h3-4,7-8,11,17H,5-6,9-10,12-14H2,1-2H3,(H,29,30). The molecule has 0 spiro atoms. The van der Waals surface area contributed by atoms with E-state index < -0.39 is 5.97 Å². The Labute approximate surface area is 191 Å². The zero-order valence-electron chi connectivity index (χ0n) is 18.2. The SMILES string of the molecule is COCN1c2cc(CN(C(C)=O)C3CCN(CC(=O)O)CC3)ccc2Sc2nccnc21. The molecule has 2 aliphatic heterocycles. The lowest BCUT2D eigenvalue weighted by Crippen LogP contribution is -2.47. The Kier molecular flexibility index (Phi) is 6.92. The Morgan fingerprint density at radius 1 is 1.25 bits per heavy atom. The molecule has 32 heavy (non-hydrogen) atoms. The number of likely N-dealkylation sites (tertiary alicyclic amines) is 1. The summed E-state index contributed by atoms with van der Waals surface area (Å²) in [5.74, 6) is -0.0253. The maximum atomic E-state index is 12.5. The van der Waals surface area contributed by atoms with Crippen LogP contribution in [0.4, 0.5) is 11.5 Å². The van der Waals surface area contributed by atoms with E-state index in [0.717, 1.165) is 39.8 Å². The van der Waals surface area contributed by atoms with Crippen molar-refractivity contribution in [2.75, 3.05) is 38.4 Å². The number of ether oxygens (including phenoxy) is 1. The van der Waals surface area contributed by atoms with E-state index in [1.807, 2.05) is 20.8 Å². The lowest BCUT2D eigenvalue weighted by molar-refractivity contribution is -0.140. The molecule has 0 unspecified atom stereocenters. The second-order valence-electron chi connectivity index (χ2n) is 7.98. The van der Waals surface area contributed by atoms with Crippen molar-refractivity contribution in [3.05, 3.63) is 36.2 Å². The predicted molar refractivity (Wildman–Crippen MR) is 120 cm³/mol. The monoisotopic (exact) mass is 457 g/mol. The fourth-order valence-electron chi connectivity index (χ4n) is 4.29. The first kappa shape index (κ1) is 22.5. The summed E-state index contributed by atoms with van der Waals surface area (Å²) in [5, 5.41) is 9.85. The first-order valence-corrected chi connectivity index (χ1v) is 11.4. The molecule has 170 valence electrons. The molecule has 1 aromatic heterocycles. The molecule has 0 saturated carbocycles. The van der Waals surface area contributed by atoms with E-state index in [1.165, 1.54) is 0 Å². The minimum atomic E-state index is -0.814. The first-order chi connectivity index (χ1) is 15.5. The summed E-state index contributed by atoms with van der Waals surface area (Å²) < 4.78 is 5.42. The first-order valence-electron chi connectivity index (χ1n) is 10.6. The molecular formula is C22H27N5O4S. The van der Waals surface area contributed by atoms with Gasteiger partial charge in [-0.3, -0.25) is 19.4 Å². The number of rotatable bonds is 7. The molecular weight excluding hydrogens is 430 g/mol. The fraction of sp³-hybridized carbons (Fsp3) is 0.455. The van der Waals surface area contributed by atoms with Crippen molar-refractivity contribution in [1.29, 1.82) is 0 Å². The third-order valence-electron chi connectivity index (χ3n) is 5.80. The molecule has 4 rings (SSSR count). The van der Waals surface area contributed by atoms with Gasteiger partial charge in [0.2, 0.25) is 5.91 Å². The van der Waals surface area contributed by atoms with Crippen LogP contribution in [-0.2, 0) is 20.9 Å². The normalized spacial score (nSPS) is 16.4. The Morgan fingerprint density at radius 2 is 2.00 bits per heavy atom. The zero-order valence-corrected chi connectivity index (χ0v) is 19.0. The molecule has 0 bridgehead atoms. The van der Waals surface area contributed by atoms with Gasteiger partial charge in [0.1, 0.15) is 11.8 Å². The Morgan fingerprint density at radius 3 is 2.69 bits per heavy atom. The number of methoxy groups -OCH3 is 1. The number of amides is 1. The van der Waals surface area contributed by atoms with Crippen LogP contribution in [0, 0.1) is 0 Å². The van der Waals surface area contributed by atoms with Gasteiger partial charge in [-0.05, 0) is 30.5 Å². The van der Waals surface area contributed by atoms with Crippen molar-refractivity contribution in [1.82, 2.24) is 19.8 Å². The molecule has 9 nitrogen and oxygen atoms in total. The third kappa shape index (κ3) is 4.87. The summed E-state index contributed by atoms with van der Waals surface area (Å²) in [5.41, 5.74) is 2.02. The van der Waals surface area contributed by atoms with Crippen molar-refractivity contribution in [3.8, 4) is 0 Å². The molecule has 10 heteroatoms. The van der Waals surface area contributed by atoms with Crippen molar-refractivity contribution in [2.45, 2.75) is 42.3 Å². The Hall–Kier alpha value is -2.69. The van der Waals surface area contributed by atoms with Crippen LogP contribution in [0.3, 0.4) is 0 Å². The quantitative estimate of drug-likeness (QED) is 0.672. The van der Waals surface area contributed by atoms with Crippen LogP contribution in [0.5, 0.6) is 0 Å². The van der Waals surface area contributed by atoms with E-state index in [0.29, 0.717) is 26.4 Å². The van der Waals surface area contributed by atoms with Gasteiger partial charge >= 0.3 is 5.97 Å². The van der Waals surface area contributed by atoms with Crippen molar-refractivity contribution in [3.63, 3.8) is 0 Å². The van der Waals surface area contributed by atoms with Crippen molar-refractivity contribution >= 4 is 35.1 Å². The summed E-state index contributed by atoms with van der Waals surface area (Å²) in [7, 11) is 1.65. The molecule has 3 heterocycles. The minimum Gasteiger partial charge on any atom is -0.480 e. The number of nitrogens with zero attached hydrogens (tertiary/aromatic N) is 5. The second-order valence-corrected chi connectivity index (χ2v) is 9.01. The van der Waals surface area contributed by atoms with Crippen LogP contribution in [0.25, 0.3) is 0 Å². The van der Waals surface area contributed by atoms with E-state index in [9.17, 15) is 9.59 Å². The van der Waals surface area contributed by atoms with Gasteiger partial charge in [0.05, 0.1) is 12.2 Å². The van der Waals surface area contributed by atoms with Gasteiger partial charge < -0.3 is 14.7 Å². The van der Waals surface area contributed by atoms with Gasteiger partial charge in [0, 0.05) is 57.0 Å². The topological polar surface area (TPSA) is 99.1 Å². The smallest absolute Gasteiger partial charge is 0.317 e. The highest BCUT2D eigenvalue weighted by Gasteiger charge is 2.29. The fourth-order valence-corrected chi connectivity index (χ4v) is 5.27. The molecule has 0 radical (unpaired) electrons. The molecule has 2 aliphatic rings. The summed E-state index contributed by atoms with van der Waals surface area (Å²) >= 11 is 1.57. The van der Waals surface area contributed by atoms with Crippen LogP contribution in [-0.4, -0.2) is 76.3 Å². The van der Waals surface area contributed by atoms with E-state index >= 15 is 0 Å². The molecule has 0 aliphatic carbocycles. The van der Waals surface area contributed by atoms with E-state index in [1.54, 1.807) is 38.2 Å². The number of aromatic nitrogens is 2. The van der Waals surface area contributed by atoms with Crippen LogP contribution < -0.4 is 4.90 Å². The van der Waals surface area contributed by atoms with Crippen LogP contribution in [0.15, 0.2) is 40.5 Å². The van der Waals surface area contributed by atoms with E-state index in [4.69, 9.17) is 9.84 Å². The van der Waals surface area contributed by atoms with Crippen LogP contribution in [0.2, 0.25) is 0 Å². The molecule has 1 aromatic carbocycles. The molecule has 1 N–H and O–H groups in total. The maximum Gasteiger partial charge on any atom is 0.317 e. The number of piperidine rings is 1. The number of fused-ring (bicyclic) bond motifs is 2. The van der Waals surface area contributed by atoms with Gasteiger partial charge in [-0.15, -0.1) is 0 Å². The summed E-state index contributed by atoms with van der Waals surface area (Å²) in [4.78, 5) is 39.3. The number of hydrogen-bond acceptors (Lipinski definition) is 8. The number of carbonyl (C=O) groups excluding carboxylic acids is 1. The number of carboxylic acid groups (broad SMARTS) is 1. The average Bonchev–Trinajstić information content (AvgIpc) is 2.77. The van der Waals surface area contributed by atoms with Crippen LogP contribution >= 0.6 is 11.8 Å². The molecule has 2 aromatic rings. The van der Waals surface area contributed by atoms with Gasteiger partial charge in [-0.25, -0.2) is 9.97 Å². The van der Waals surface area contributed by atoms with Crippen molar-refractivity contribution in [2.24, 2.45) is 0 Å². The largest absolute Gasteiger partial charge is 0.480 e. The predicted octanol–water partition coefficient (Wildman–Crippen LogP) is 2.58. The van der Waals surface area contributed by atoms with E-state index in [2.05, 4.69) is 22.1 Å². The molecule has 0 atom stereocenters. The lowest BCUT2D eigenvalue weighted by Gasteiger charge is -2.38. The van der Waals surface area contributed by atoms with Gasteiger partial charge in [-0.1, -0.05) is 17.8 Å². The number of anilines is 2. The highest BCUT2D eigenvalue weighted by molar-refractivity contribution is 7.99. The highest BCUT2D eigenvalue weighted by Crippen LogP contribution is 2.46. The van der Waals surface area contributed by atoms with E-state index in [-0.39, 0.29) is 18.5 Å². The van der Waals surface area contributed by atoms with Gasteiger partial charge in [-0.2, -0.15) is 0 Å². The Bertz CT molecular complexity index is 996. The van der Waals surface area contributed by atoms with Crippen molar-refractivity contribution < 1.29 is 19.4 Å². The molecule has 1 fully saturated rings. The van der Waals surface area contributed by atoms with Gasteiger partial charge in [0.25, 0.3) is 0 Å². The number of benzene rings is 1. The molecule has 1 saturated heterocycles. The lowest BCUT2D eigenvalue weighted by atomic mass is 10.0. The summed E-state index contributed by atoms with van der Waals surface area (Å²) in [6.07, 6.45) is 4.90. The number of carboxylic acids is 1. The zero-order chi connectivity index (χ0) is 22.7. The third-order valence-corrected chi connectivity index (χ3v) is 6.84. The Balaban J connectivity index is 1.52. The second kappa shape index (κ2) is 9.85. The molecule has 1 amide bonds. The number of hydrogen-bond donors (Lipinski definition) is 1.